The normalized spacial score (nSPS) is 11.2. The Bertz CT molecular complexity index is 1230. The molecule has 0 bridgehead atoms. The Morgan fingerprint density at radius 1 is 1.00 bits per heavy atom. The molecule has 31 heavy (non-hydrogen) atoms. The first-order chi connectivity index (χ1) is 15.0. The Morgan fingerprint density at radius 3 is 2.26 bits per heavy atom. The van der Waals surface area contributed by atoms with E-state index in [1.165, 1.54) is 41.2 Å². The molecular formula is C24H18FN3O2S. The summed E-state index contributed by atoms with van der Waals surface area (Å²) in [4.78, 5) is 20.6. The molecule has 0 saturated heterocycles. The number of hydrogen-bond donors (Lipinski definition) is 0. The number of nitrogens with zero attached hydrogens (tertiary/aromatic N) is 3. The van der Waals surface area contributed by atoms with Gasteiger partial charge >= 0.3 is 0 Å². The van der Waals surface area contributed by atoms with Crippen LogP contribution in [0.4, 0.5) is 15.2 Å². The van der Waals surface area contributed by atoms with Crippen LogP contribution in [0.15, 0.2) is 77.8 Å². The van der Waals surface area contributed by atoms with Crippen LogP contribution in [0.2, 0.25) is 0 Å². The molecule has 4 rings (SSSR count). The topological polar surface area (TPSA) is 68.4 Å². The van der Waals surface area contributed by atoms with Gasteiger partial charge in [0.05, 0.1) is 15.5 Å². The molecule has 0 spiro atoms. The zero-order valence-corrected chi connectivity index (χ0v) is 17.5. The lowest BCUT2D eigenvalue weighted by molar-refractivity contribution is -0.384. The van der Waals surface area contributed by atoms with Crippen molar-refractivity contribution in [2.45, 2.75) is 13.3 Å². The van der Waals surface area contributed by atoms with Gasteiger partial charge in [0.1, 0.15) is 5.82 Å². The Balaban J connectivity index is 1.75. The van der Waals surface area contributed by atoms with Crippen molar-refractivity contribution in [3.63, 3.8) is 0 Å². The van der Waals surface area contributed by atoms with E-state index in [9.17, 15) is 14.5 Å². The zero-order valence-electron chi connectivity index (χ0n) is 16.7. The summed E-state index contributed by atoms with van der Waals surface area (Å²) in [6, 6.07) is 20.7. The maximum Gasteiger partial charge on any atom is 0.269 e. The monoisotopic (exact) mass is 431 g/mol. The standard InChI is InChI=1S/C24H18FN3O2S/c1-2-16-3-7-18(8-4-16)22-23(19-9-13-21(14-10-19)28(29)30)31-24(27-22)26-15-17-5-11-20(25)12-6-17/h3-15H,2H2,1H3. The van der Waals surface area contributed by atoms with Crippen molar-refractivity contribution in [1.82, 2.24) is 4.98 Å². The highest BCUT2D eigenvalue weighted by atomic mass is 32.1. The summed E-state index contributed by atoms with van der Waals surface area (Å²) in [6.07, 6.45) is 2.58. The number of halogens is 1. The van der Waals surface area contributed by atoms with Crippen molar-refractivity contribution >= 4 is 28.4 Å². The molecule has 0 N–H and O–H groups in total. The fourth-order valence-corrected chi connectivity index (χ4v) is 4.01. The molecule has 1 aromatic heterocycles. The van der Waals surface area contributed by atoms with Gasteiger partial charge in [-0.05, 0) is 47.4 Å². The lowest BCUT2D eigenvalue weighted by Crippen LogP contribution is -1.88. The first-order valence-corrected chi connectivity index (χ1v) is 10.5. The molecule has 0 aliphatic carbocycles. The predicted octanol–water partition coefficient (Wildman–Crippen LogP) is 6.84. The van der Waals surface area contributed by atoms with Crippen molar-refractivity contribution in [3.8, 4) is 21.7 Å². The third kappa shape index (κ3) is 4.73. The average molecular weight is 431 g/mol. The van der Waals surface area contributed by atoms with E-state index >= 15 is 0 Å². The van der Waals surface area contributed by atoms with E-state index in [-0.39, 0.29) is 11.5 Å². The van der Waals surface area contributed by atoms with Gasteiger partial charge in [0, 0.05) is 23.9 Å². The largest absolute Gasteiger partial charge is 0.269 e. The molecule has 7 heteroatoms. The summed E-state index contributed by atoms with van der Waals surface area (Å²) in [5, 5.41) is 11.5. The number of hydrogen-bond acceptors (Lipinski definition) is 5. The minimum absolute atomic E-state index is 0.0386. The van der Waals surface area contributed by atoms with Gasteiger partial charge in [-0.2, -0.15) is 0 Å². The second kappa shape index (κ2) is 8.97. The highest BCUT2D eigenvalue weighted by Gasteiger charge is 2.16. The van der Waals surface area contributed by atoms with Crippen molar-refractivity contribution in [3.05, 3.63) is 99.9 Å². The van der Waals surface area contributed by atoms with Gasteiger partial charge in [-0.3, -0.25) is 10.1 Å². The summed E-state index contributed by atoms with van der Waals surface area (Å²) >= 11 is 1.40. The Kier molecular flexibility index (Phi) is 5.95. The van der Waals surface area contributed by atoms with Gasteiger partial charge in [-0.15, -0.1) is 0 Å². The maximum absolute atomic E-state index is 13.1. The van der Waals surface area contributed by atoms with Gasteiger partial charge in [0.15, 0.2) is 0 Å². The number of nitro benzene ring substituents is 1. The molecule has 0 atom stereocenters. The van der Waals surface area contributed by atoms with E-state index in [0.29, 0.717) is 5.13 Å². The van der Waals surface area contributed by atoms with Crippen LogP contribution in [-0.4, -0.2) is 16.1 Å². The fraction of sp³-hybridized carbons (Fsp3) is 0.0833. The molecular weight excluding hydrogens is 413 g/mol. The molecule has 0 fully saturated rings. The minimum Gasteiger partial charge on any atom is -0.258 e. The summed E-state index contributed by atoms with van der Waals surface area (Å²) in [7, 11) is 0. The fourth-order valence-electron chi connectivity index (χ4n) is 3.07. The lowest BCUT2D eigenvalue weighted by Gasteiger charge is -2.04. The highest BCUT2D eigenvalue weighted by molar-refractivity contribution is 7.19. The van der Waals surface area contributed by atoms with Crippen molar-refractivity contribution in [1.29, 1.82) is 0 Å². The predicted molar refractivity (Wildman–Crippen MR) is 123 cm³/mol. The van der Waals surface area contributed by atoms with Crippen LogP contribution >= 0.6 is 11.3 Å². The summed E-state index contributed by atoms with van der Waals surface area (Å²) < 4.78 is 13.1. The van der Waals surface area contributed by atoms with Gasteiger partial charge < -0.3 is 0 Å². The molecule has 0 unspecified atom stereocenters. The van der Waals surface area contributed by atoms with E-state index in [4.69, 9.17) is 4.98 Å². The lowest BCUT2D eigenvalue weighted by atomic mass is 10.0. The molecule has 0 aliphatic heterocycles. The van der Waals surface area contributed by atoms with Crippen LogP contribution in [0.3, 0.4) is 0 Å². The number of benzene rings is 3. The number of thiazole rings is 1. The quantitative estimate of drug-likeness (QED) is 0.191. The third-order valence-corrected chi connectivity index (χ3v) is 5.80. The van der Waals surface area contributed by atoms with Crippen LogP contribution < -0.4 is 0 Å². The molecule has 1 heterocycles. The molecule has 0 saturated carbocycles. The number of nitro groups is 1. The number of non-ortho nitro benzene ring substituents is 1. The maximum atomic E-state index is 13.1. The third-order valence-electron chi connectivity index (χ3n) is 4.79. The molecule has 0 amide bonds. The van der Waals surface area contributed by atoms with E-state index in [1.54, 1.807) is 30.5 Å². The first-order valence-electron chi connectivity index (χ1n) is 9.68. The second-order valence-electron chi connectivity index (χ2n) is 6.84. The molecule has 0 aliphatic rings. The summed E-state index contributed by atoms with van der Waals surface area (Å²) in [6.45, 7) is 2.10. The SMILES string of the molecule is CCc1ccc(-c2nc(N=Cc3ccc(F)cc3)sc2-c2ccc([N+](=O)[O-])cc2)cc1. The minimum atomic E-state index is -0.417. The molecule has 5 nitrogen and oxygen atoms in total. The van der Waals surface area contributed by atoms with Gasteiger partial charge in [-0.25, -0.2) is 14.4 Å². The molecule has 0 radical (unpaired) electrons. The first kappa shape index (κ1) is 20.6. The molecule has 154 valence electrons. The van der Waals surface area contributed by atoms with Crippen LogP contribution in [0.1, 0.15) is 18.1 Å². The number of aliphatic imine (C=N–C) groups is 1. The highest BCUT2D eigenvalue weighted by Crippen LogP contribution is 2.40. The van der Waals surface area contributed by atoms with E-state index in [0.717, 1.165) is 33.7 Å². The Labute approximate surface area is 182 Å². The van der Waals surface area contributed by atoms with Crippen molar-refractivity contribution < 1.29 is 9.31 Å². The zero-order chi connectivity index (χ0) is 21.8. The number of rotatable bonds is 6. The summed E-state index contributed by atoms with van der Waals surface area (Å²) in [5.74, 6) is -0.301. The van der Waals surface area contributed by atoms with E-state index in [1.807, 2.05) is 12.1 Å². The van der Waals surface area contributed by atoms with Gasteiger partial charge in [0.25, 0.3) is 5.69 Å². The van der Waals surface area contributed by atoms with Gasteiger partial charge in [0.2, 0.25) is 5.13 Å². The van der Waals surface area contributed by atoms with Crippen LogP contribution in [-0.2, 0) is 6.42 Å². The second-order valence-corrected chi connectivity index (χ2v) is 7.82. The van der Waals surface area contributed by atoms with Crippen LogP contribution in [0, 0.1) is 15.9 Å². The average Bonchev–Trinajstić information content (AvgIpc) is 3.23. The number of aromatic nitrogens is 1. The molecule has 4 aromatic rings. The van der Waals surface area contributed by atoms with E-state index < -0.39 is 4.92 Å². The van der Waals surface area contributed by atoms with Crippen molar-refractivity contribution in [2.24, 2.45) is 4.99 Å². The Hall–Kier alpha value is -3.71. The Morgan fingerprint density at radius 2 is 1.65 bits per heavy atom. The van der Waals surface area contributed by atoms with Crippen LogP contribution in [0.5, 0.6) is 0 Å². The summed E-state index contributed by atoms with van der Waals surface area (Å²) in [5.41, 5.74) is 4.59. The number of aryl methyl sites for hydroxylation is 1. The van der Waals surface area contributed by atoms with Crippen LogP contribution in [0.25, 0.3) is 21.7 Å². The van der Waals surface area contributed by atoms with Crippen molar-refractivity contribution in [2.75, 3.05) is 0 Å². The smallest absolute Gasteiger partial charge is 0.258 e. The van der Waals surface area contributed by atoms with E-state index in [2.05, 4.69) is 24.0 Å². The molecule has 3 aromatic carbocycles. The van der Waals surface area contributed by atoms with Gasteiger partial charge in [-0.1, -0.05) is 54.7 Å².